The number of benzene rings is 2. The number of hydrogen-bond acceptors (Lipinski definition) is 5. The number of nitrogens with one attached hydrogen (secondary N) is 1. The number of aliphatic imine (C=N–C) groups is 1. The predicted molar refractivity (Wildman–Crippen MR) is 137 cm³/mol. The smallest absolute Gasteiger partial charge is 0.414 e. The highest BCUT2D eigenvalue weighted by molar-refractivity contribution is 6.00. The van der Waals surface area contributed by atoms with E-state index in [2.05, 4.69) is 16.9 Å². The van der Waals surface area contributed by atoms with Gasteiger partial charge in [0.2, 0.25) is 0 Å². The molecule has 1 saturated heterocycles. The van der Waals surface area contributed by atoms with Gasteiger partial charge in [0.25, 0.3) is 5.91 Å². The summed E-state index contributed by atoms with van der Waals surface area (Å²) in [6, 6.07) is 13.1. The van der Waals surface area contributed by atoms with Gasteiger partial charge in [-0.05, 0) is 54.7 Å². The van der Waals surface area contributed by atoms with E-state index >= 15 is 0 Å². The van der Waals surface area contributed by atoms with Crippen molar-refractivity contribution in [1.29, 1.82) is 0 Å². The molecule has 1 aliphatic rings. The Labute approximate surface area is 201 Å². The lowest BCUT2D eigenvalue weighted by Gasteiger charge is -2.25. The third kappa shape index (κ3) is 5.73. The van der Waals surface area contributed by atoms with Gasteiger partial charge in [-0.1, -0.05) is 50.3 Å². The Balaban J connectivity index is 1.99. The third-order valence-electron chi connectivity index (χ3n) is 5.83. The Morgan fingerprint density at radius 2 is 1.91 bits per heavy atom. The van der Waals surface area contributed by atoms with Crippen molar-refractivity contribution in [3.8, 4) is 11.1 Å². The largest absolute Gasteiger partial charge is 0.447 e. The van der Waals surface area contributed by atoms with Gasteiger partial charge in [-0.3, -0.25) is 14.7 Å². The number of amides is 2. The summed E-state index contributed by atoms with van der Waals surface area (Å²) in [5.41, 5.74) is 9.92. The van der Waals surface area contributed by atoms with Crippen molar-refractivity contribution in [1.82, 2.24) is 5.32 Å². The minimum absolute atomic E-state index is 0.109. The molecule has 2 amide bonds. The van der Waals surface area contributed by atoms with Gasteiger partial charge < -0.3 is 15.8 Å². The summed E-state index contributed by atoms with van der Waals surface area (Å²) in [4.78, 5) is 31.5. The lowest BCUT2D eigenvalue weighted by molar-refractivity contribution is 0.0946. The molecule has 7 nitrogen and oxygen atoms in total. The van der Waals surface area contributed by atoms with E-state index in [1.807, 2.05) is 64.1 Å². The Kier molecular flexibility index (Phi) is 7.89. The topological polar surface area (TPSA) is 97.0 Å². The minimum Gasteiger partial charge on any atom is -0.447 e. The Bertz CT molecular complexity index is 1120. The molecular weight excluding hydrogens is 428 g/mol. The van der Waals surface area contributed by atoms with E-state index in [0.717, 1.165) is 16.7 Å². The van der Waals surface area contributed by atoms with Crippen molar-refractivity contribution in [2.45, 2.75) is 39.8 Å². The van der Waals surface area contributed by atoms with Crippen LogP contribution < -0.4 is 16.0 Å². The van der Waals surface area contributed by atoms with Crippen LogP contribution >= 0.6 is 0 Å². The van der Waals surface area contributed by atoms with Crippen LogP contribution in [-0.2, 0) is 4.74 Å². The number of ether oxygens (including phenoxy) is 1. The average Bonchev–Trinajstić information content (AvgIpc) is 3.21. The van der Waals surface area contributed by atoms with Crippen LogP contribution in [0, 0.1) is 12.8 Å². The van der Waals surface area contributed by atoms with E-state index in [0.29, 0.717) is 23.4 Å². The highest BCUT2D eigenvalue weighted by Crippen LogP contribution is 2.32. The van der Waals surface area contributed by atoms with Crippen molar-refractivity contribution in [2.75, 3.05) is 11.5 Å². The van der Waals surface area contributed by atoms with E-state index in [9.17, 15) is 9.59 Å². The molecule has 0 bridgehead atoms. The van der Waals surface area contributed by atoms with Crippen molar-refractivity contribution in [2.24, 2.45) is 16.6 Å². The van der Waals surface area contributed by atoms with Crippen molar-refractivity contribution in [3.05, 3.63) is 78.1 Å². The van der Waals surface area contributed by atoms with Crippen molar-refractivity contribution >= 4 is 23.9 Å². The Morgan fingerprint density at radius 1 is 1.21 bits per heavy atom. The van der Waals surface area contributed by atoms with Gasteiger partial charge in [0.1, 0.15) is 6.61 Å². The van der Waals surface area contributed by atoms with Gasteiger partial charge in [0.15, 0.2) is 0 Å². The molecule has 1 unspecified atom stereocenters. The summed E-state index contributed by atoms with van der Waals surface area (Å²) in [6.07, 6.45) is 3.91. The number of aryl methyl sites for hydroxylation is 1. The molecule has 0 spiro atoms. The predicted octanol–water partition coefficient (Wildman–Crippen LogP) is 4.82. The lowest BCUT2D eigenvalue weighted by atomic mass is 9.98. The SMILES string of the molecule is C=C(C=N/C=C\N)C(C)NC(=O)c1cc(-c2ccc(C)cc2)cc(N2C(=O)OC[C@H]2C(C)C)c1. The number of hydrogen-bond donors (Lipinski definition) is 2. The maximum atomic E-state index is 13.2. The standard InChI is InChI=1S/C27H32N4O3/c1-17(2)25-16-34-27(33)31(25)24-13-22(21-8-6-18(3)7-9-21)12-23(14-24)26(32)30-20(5)19(4)15-29-11-10-28/h6-15,17,20,25H,4,16,28H2,1-3,5H3,(H,30,32)/b11-10-,29-15?/t20?,25-/m0/s1. The molecule has 0 saturated carbocycles. The number of rotatable bonds is 8. The third-order valence-corrected chi connectivity index (χ3v) is 5.83. The van der Waals surface area contributed by atoms with Gasteiger partial charge >= 0.3 is 6.09 Å². The fourth-order valence-electron chi connectivity index (χ4n) is 3.69. The van der Waals surface area contributed by atoms with Crippen LogP contribution in [0.2, 0.25) is 0 Å². The summed E-state index contributed by atoms with van der Waals surface area (Å²) in [6.45, 7) is 12.2. The van der Waals surface area contributed by atoms with Crippen LogP contribution in [0.5, 0.6) is 0 Å². The molecule has 0 radical (unpaired) electrons. The number of carbonyl (C=O) groups is 2. The van der Waals surface area contributed by atoms with E-state index < -0.39 is 6.09 Å². The molecule has 0 aromatic heterocycles. The Hall–Kier alpha value is -3.87. The Morgan fingerprint density at radius 3 is 2.56 bits per heavy atom. The summed E-state index contributed by atoms with van der Waals surface area (Å²) in [5, 5.41) is 2.95. The van der Waals surface area contributed by atoms with Gasteiger partial charge in [0.05, 0.1) is 12.1 Å². The normalized spacial score (nSPS) is 16.9. The molecule has 7 heteroatoms. The summed E-state index contributed by atoms with van der Waals surface area (Å²) in [7, 11) is 0. The molecule has 34 heavy (non-hydrogen) atoms. The summed E-state index contributed by atoms with van der Waals surface area (Å²) < 4.78 is 5.34. The molecule has 1 heterocycles. The highest BCUT2D eigenvalue weighted by Gasteiger charge is 2.36. The van der Waals surface area contributed by atoms with E-state index in [-0.39, 0.29) is 23.9 Å². The van der Waals surface area contributed by atoms with Gasteiger partial charge in [-0.25, -0.2) is 4.79 Å². The molecule has 0 aliphatic carbocycles. The number of nitrogens with two attached hydrogens (primary N) is 1. The molecule has 3 N–H and O–H groups in total. The molecular formula is C27H32N4O3. The van der Waals surface area contributed by atoms with Crippen LogP contribution in [0.15, 0.2) is 72.0 Å². The molecule has 3 rings (SSSR count). The fraction of sp³-hybridized carbons (Fsp3) is 0.296. The molecule has 178 valence electrons. The molecule has 2 aromatic rings. The maximum absolute atomic E-state index is 13.2. The fourth-order valence-corrected chi connectivity index (χ4v) is 3.69. The van der Waals surface area contributed by atoms with Crippen molar-refractivity contribution in [3.63, 3.8) is 0 Å². The first-order valence-electron chi connectivity index (χ1n) is 11.3. The highest BCUT2D eigenvalue weighted by atomic mass is 16.6. The molecule has 1 fully saturated rings. The first kappa shape index (κ1) is 24.8. The zero-order valence-corrected chi connectivity index (χ0v) is 20.1. The van der Waals surface area contributed by atoms with Crippen LogP contribution in [0.25, 0.3) is 11.1 Å². The van der Waals surface area contributed by atoms with Gasteiger partial charge in [-0.2, -0.15) is 0 Å². The van der Waals surface area contributed by atoms with Gasteiger partial charge in [0, 0.05) is 29.9 Å². The second kappa shape index (κ2) is 10.8. The first-order valence-corrected chi connectivity index (χ1v) is 11.3. The van der Waals surface area contributed by atoms with Crippen LogP contribution in [0.3, 0.4) is 0 Å². The number of anilines is 1. The quantitative estimate of drug-likeness (QED) is 0.552. The summed E-state index contributed by atoms with van der Waals surface area (Å²) >= 11 is 0. The number of cyclic esters (lactones) is 1. The average molecular weight is 461 g/mol. The van der Waals surface area contributed by atoms with Crippen LogP contribution in [-0.4, -0.2) is 36.9 Å². The first-order chi connectivity index (χ1) is 16.2. The van der Waals surface area contributed by atoms with E-state index in [4.69, 9.17) is 10.5 Å². The van der Waals surface area contributed by atoms with Crippen LogP contribution in [0.1, 0.15) is 36.7 Å². The van der Waals surface area contributed by atoms with E-state index in [1.165, 1.54) is 12.4 Å². The molecule has 2 aromatic carbocycles. The zero-order valence-electron chi connectivity index (χ0n) is 20.1. The second-order valence-electron chi connectivity index (χ2n) is 8.78. The lowest BCUT2D eigenvalue weighted by Crippen LogP contribution is -2.38. The molecule has 1 aliphatic heterocycles. The zero-order chi connectivity index (χ0) is 24.8. The summed E-state index contributed by atoms with van der Waals surface area (Å²) in [5.74, 6) is -0.0859. The van der Waals surface area contributed by atoms with Crippen LogP contribution in [0.4, 0.5) is 10.5 Å². The number of nitrogens with zero attached hydrogens (tertiary/aromatic N) is 2. The maximum Gasteiger partial charge on any atom is 0.414 e. The minimum atomic E-state index is -0.406. The monoisotopic (exact) mass is 460 g/mol. The second-order valence-corrected chi connectivity index (χ2v) is 8.78. The van der Waals surface area contributed by atoms with Crippen molar-refractivity contribution < 1.29 is 14.3 Å². The van der Waals surface area contributed by atoms with E-state index in [1.54, 1.807) is 17.2 Å². The van der Waals surface area contributed by atoms with Gasteiger partial charge in [-0.15, -0.1) is 0 Å². The molecule has 2 atom stereocenters. The number of carbonyl (C=O) groups excluding carboxylic acids is 2.